The number of hydrogen-bond acceptors (Lipinski definition) is 3. The van der Waals surface area contributed by atoms with Crippen LogP contribution in [0.3, 0.4) is 0 Å². The molecule has 1 heterocycles. The summed E-state index contributed by atoms with van der Waals surface area (Å²) in [5.74, 6) is 0.477. The van der Waals surface area contributed by atoms with Crippen LogP contribution in [0.1, 0.15) is 30.9 Å². The molecule has 2 N–H and O–H groups in total. The molecule has 1 aliphatic rings. The van der Waals surface area contributed by atoms with Gasteiger partial charge in [-0.3, -0.25) is 0 Å². The van der Waals surface area contributed by atoms with Gasteiger partial charge >= 0.3 is 12.6 Å². The summed E-state index contributed by atoms with van der Waals surface area (Å²) in [5.41, 5.74) is 1.43. The second kappa shape index (κ2) is 8.82. The number of amides is 2. The standard InChI is InChI=1S/C17H24F2N2O3/c1-11-3-4-15(24-16(18)19)14(7-11)10-21-17(22)20-9-13-5-6-23-12(2)8-13/h3-4,7,12-13,16H,5-6,8-10H2,1-2H3,(H2,20,21,22)/t12-,13-/m0/s1. The van der Waals surface area contributed by atoms with E-state index < -0.39 is 6.61 Å². The van der Waals surface area contributed by atoms with Crippen molar-refractivity contribution in [2.45, 2.75) is 45.9 Å². The molecule has 1 aromatic carbocycles. The molecule has 1 aliphatic heterocycles. The van der Waals surface area contributed by atoms with Crippen LogP contribution in [0, 0.1) is 12.8 Å². The van der Waals surface area contributed by atoms with Gasteiger partial charge in [0.1, 0.15) is 5.75 Å². The van der Waals surface area contributed by atoms with Gasteiger partial charge in [0.2, 0.25) is 0 Å². The summed E-state index contributed by atoms with van der Waals surface area (Å²) >= 11 is 0. The molecule has 2 rings (SSSR count). The van der Waals surface area contributed by atoms with Gasteiger partial charge in [-0.1, -0.05) is 17.7 Å². The fourth-order valence-corrected chi connectivity index (χ4v) is 2.81. The SMILES string of the molecule is Cc1ccc(OC(F)F)c(CNC(=O)NC[C@H]2CCO[C@@H](C)C2)c1. The van der Waals surface area contributed by atoms with Crippen LogP contribution in [0.2, 0.25) is 0 Å². The molecule has 134 valence electrons. The van der Waals surface area contributed by atoms with E-state index in [1.807, 2.05) is 13.8 Å². The lowest BCUT2D eigenvalue weighted by Gasteiger charge is -2.27. The van der Waals surface area contributed by atoms with Crippen molar-refractivity contribution in [3.05, 3.63) is 29.3 Å². The first-order valence-electron chi connectivity index (χ1n) is 8.11. The number of hydrogen-bond donors (Lipinski definition) is 2. The molecular weight excluding hydrogens is 318 g/mol. The van der Waals surface area contributed by atoms with Crippen LogP contribution in [-0.2, 0) is 11.3 Å². The summed E-state index contributed by atoms with van der Waals surface area (Å²) in [6.07, 6.45) is 2.06. The minimum atomic E-state index is -2.89. The summed E-state index contributed by atoms with van der Waals surface area (Å²) in [5, 5.41) is 5.51. The van der Waals surface area contributed by atoms with Crippen molar-refractivity contribution < 1.29 is 23.0 Å². The van der Waals surface area contributed by atoms with Crippen LogP contribution in [0.4, 0.5) is 13.6 Å². The van der Waals surface area contributed by atoms with E-state index in [9.17, 15) is 13.6 Å². The molecule has 0 spiro atoms. The van der Waals surface area contributed by atoms with Gasteiger partial charge in [-0.25, -0.2) is 4.79 Å². The topological polar surface area (TPSA) is 59.6 Å². The summed E-state index contributed by atoms with van der Waals surface area (Å²) in [6, 6.07) is 4.57. The molecule has 5 nitrogen and oxygen atoms in total. The van der Waals surface area contributed by atoms with Crippen LogP contribution in [0.15, 0.2) is 18.2 Å². The van der Waals surface area contributed by atoms with Crippen molar-refractivity contribution in [3.63, 3.8) is 0 Å². The highest BCUT2D eigenvalue weighted by molar-refractivity contribution is 5.73. The molecule has 0 bridgehead atoms. The molecule has 2 amide bonds. The second-order valence-corrected chi connectivity index (χ2v) is 6.13. The van der Waals surface area contributed by atoms with Gasteiger partial charge in [-0.05, 0) is 38.7 Å². The molecule has 7 heteroatoms. The third kappa shape index (κ3) is 5.96. The average Bonchev–Trinajstić information content (AvgIpc) is 2.53. The number of alkyl halides is 2. The van der Waals surface area contributed by atoms with Crippen LogP contribution in [0.25, 0.3) is 0 Å². The zero-order chi connectivity index (χ0) is 17.5. The molecular formula is C17H24F2N2O3. The highest BCUT2D eigenvalue weighted by atomic mass is 19.3. The molecule has 1 fully saturated rings. The van der Waals surface area contributed by atoms with Crippen molar-refractivity contribution in [1.29, 1.82) is 0 Å². The molecule has 1 aromatic rings. The minimum Gasteiger partial charge on any atom is -0.434 e. The molecule has 24 heavy (non-hydrogen) atoms. The highest BCUT2D eigenvalue weighted by Gasteiger charge is 2.19. The molecule has 1 saturated heterocycles. The maximum Gasteiger partial charge on any atom is 0.387 e. The van der Waals surface area contributed by atoms with E-state index in [1.54, 1.807) is 12.1 Å². The Morgan fingerprint density at radius 3 is 2.92 bits per heavy atom. The van der Waals surface area contributed by atoms with Gasteiger partial charge in [0.25, 0.3) is 0 Å². The number of aryl methyl sites for hydroxylation is 1. The lowest BCUT2D eigenvalue weighted by Crippen LogP contribution is -2.40. The zero-order valence-electron chi connectivity index (χ0n) is 14.0. The number of carbonyl (C=O) groups is 1. The van der Waals surface area contributed by atoms with Gasteiger partial charge < -0.3 is 20.1 Å². The van der Waals surface area contributed by atoms with Gasteiger partial charge in [-0.15, -0.1) is 0 Å². The number of rotatable bonds is 6. The molecule has 0 radical (unpaired) electrons. The highest BCUT2D eigenvalue weighted by Crippen LogP contribution is 2.22. The number of ether oxygens (including phenoxy) is 2. The predicted octanol–water partition coefficient (Wildman–Crippen LogP) is 3.21. The fourth-order valence-electron chi connectivity index (χ4n) is 2.81. The first kappa shape index (κ1) is 18.4. The first-order valence-corrected chi connectivity index (χ1v) is 8.11. The van der Waals surface area contributed by atoms with Gasteiger partial charge in [0, 0.05) is 25.3 Å². The third-order valence-electron chi connectivity index (χ3n) is 4.02. The third-order valence-corrected chi connectivity index (χ3v) is 4.02. The van der Waals surface area contributed by atoms with E-state index in [0.29, 0.717) is 24.6 Å². The molecule has 0 aliphatic carbocycles. The largest absolute Gasteiger partial charge is 0.434 e. The Labute approximate surface area is 140 Å². The Balaban J connectivity index is 1.81. The van der Waals surface area contributed by atoms with E-state index in [1.165, 1.54) is 6.07 Å². The molecule has 0 aromatic heterocycles. The van der Waals surface area contributed by atoms with Crippen molar-refractivity contribution >= 4 is 6.03 Å². The van der Waals surface area contributed by atoms with Crippen LogP contribution >= 0.6 is 0 Å². The Hall–Kier alpha value is -1.89. The maximum atomic E-state index is 12.4. The van der Waals surface area contributed by atoms with Crippen molar-refractivity contribution in [2.24, 2.45) is 5.92 Å². The molecule has 2 atom stereocenters. The van der Waals surface area contributed by atoms with Gasteiger partial charge in [0.05, 0.1) is 6.10 Å². The lowest BCUT2D eigenvalue weighted by atomic mass is 9.96. The molecule has 0 saturated carbocycles. The number of nitrogens with one attached hydrogen (secondary N) is 2. The van der Waals surface area contributed by atoms with E-state index in [0.717, 1.165) is 18.4 Å². The molecule has 0 unspecified atom stereocenters. The van der Waals surface area contributed by atoms with E-state index in [-0.39, 0.29) is 24.4 Å². The van der Waals surface area contributed by atoms with Crippen molar-refractivity contribution in [2.75, 3.05) is 13.2 Å². The quantitative estimate of drug-likeness (QED) is 0.835. The average molecular weight is 342 g/mol. The van der Waals surface area contributed by atoms with Crippen LogP contribution in [-0.4, -0.2) is 31.9 Å². The normalized spacial score (nSPS) is 20.7. The van der Waals surface area contributed by atoms with Gasteiger partial charge in [0.15, 0.2) is 0 Å². The predicted molar refractivity (Wildman–Crippen MR) is 86.2 cm³/mol. The maximum absolute atomic E-state index is 12.4. The van der Waals surface area contributed by atoms with E-state index >= 15 is 0 Å². The van der Waals surface area contributed by atoms with Crippen LogP contribution in [0.5, 0.6) is 5.75 Å². The van der Waals surface area contributed by atoms with Crippen molar-refractivity contribution in [3.8, 4) is 5.75 Å². The summed E-state index contributed by atoms with van der Waals surface area (Å²) in [7, 11) is 0. The monoisotopic (exact) mass is 342 g/mol. The number of halogens is 2. The summed E-state index contributed by atoms with van der Waals surface area (Å²) < 4.78 is 34.8. The van der Waals surface area contributed by atoms with E-state index in [2.05, 4.69) is 15.4 Å². The van der Waals surface area contributed by atoms with Crippen LogP contribution < -0.4 is 15.4 Å². The Bertz CT molecular complexity index is 555. The summed E-state index contributed by atoms with van der Waals surface area (Å²) in [6.45, 7) is 2.40. The summed E-state index contributed by atoms with van der Waals surface area (Å²) in [4.78, 5) is 11.9. The Morgan fingerprint density at radius 1 is 1.42 bits per heavy atom. The smallest absolute Gasteiger partial charge is 0.387 e. The van der Waals surface area contributed by atoms with E-state index in [4.69, 9.17) is 4.74 Å². The fraction of sp³-hybridized carbons (Fsp3) is 0.588. The Morgan fingerprint density at radius 2 is 2.21 bits per heavy atom. The minimum absolute atomic E-state index is 0.0779. The Kier molecular flexibility index (Phi) is 6.78. The number of benzene rings is 1. The van der Waals surface area contributed by atoms with Gasteiger partial charge in [-0.2, -0.15) is 8.78 Å². The second-order valence-electron chi connectivity index (χ2n) is 6.13. The van der Waals surface area contributed by atoms with Crippen molar-refractivity contribution in [1.82, 2.24) is 10.6 Å². The first-order chi connectivity index (χ1) is 11.4. The number of carbonyl (C=O) groups excluding carboxylic acids is 1. The number of urea groups is 1. The lowest BCUT2D eigenvalue weighted by molar-refractivity contribution is -0.0504. The zero-order valence-corrected chi connectivity index (χ0v) is 14.0.